The third kappa shape index (κ3) is 1.89. The average Bonchev–Trinajstić information content (AvgIpc) is 2.97. The van der Waals surface area contributed by atoms with Crippen LogP contribution < -0.4 is 0 Å². The number of hydrogen-bond donors (Lipinski definition) is 1. The van der Waals surface area contributed by atoms with Crippen molar-refractivity contribution < 1.29 is 9.90 Å². The van der Waals surface area contributed by atoms with Crippen molar-refractivity contribution in [2.75, 3.05) is 0 Å². The first-order valence-corrected chi connectivity index (χ1v) is 6.55. The van der Waals surface area contributed by atoms with E-state index in [-0.39, 0.29) is 5.92 Å². The molecule has 96 valence electrons. The van der Waals surface area contributed by atoms with Gasteiger partial charge in [0.1, 0.15) is 5.82 Å². The summed E-state index contributed by atoms with van der Waals surface area (Å²) in [6, 6.07) is 0. The van der Waals surface area contributed by atoms with Crippen LogP contribution in [0.5, 0.6) is 0 Å². The molecule has 1 heterocycles. The SMILES string of the molecule is CC1(C)CC1c1ncc2c(n1)CCC(C(=O)O)C2. The van der Waals surface area contributed by atoms with E-state index in [0.717, 1.165) is 29.9 Å². The Labute approximate surface area is 106 Å². The summed E-state index contributed by atoms with van der Waals surface area (Å²) in [5.74, 6) is 0.477. The predicted molar refractivity (Wildman–Crippen MR) is 66.3 cm³/mol. The third-order valence-electron chi connectivity index (χ3n) is 4.34. The van der Waals surface area contributed by atoms with Crippen LogP contribution in [0.15, 0.2) is 6.20 Å². The van der Waals surface area contributed by atoms with E-state index in [4.69, 9.17) is 5.11 Å². The van der Waals surface area contributed by atoms with Gasteiger partial charge in [-0.25, -0.2) is 9.97 Å². The highest BCUT2D eigenvalue weighted by atomic mass is 16.4. The van der Waals surface area contributed by atoms with Crippen LogP contribution in [0.25, 0.3) is 0 Å². The second-order valence-corrected chi connectivity index (χ2v) is 6.22. The van der Waals surface area contributed by atoms with E-state index in [2.05, 4.69) is 23.8 Å². The second-order valence-electron chi connectivity index (χ2n) is 6.22. The Bertz CT molecular complexity index is 511. The number of nitrogens with zero attached hydrogens (tertiary/aromatic N) is 2. The number of hydrogen-bond acceptors (Lipinski definition) is 3. The summed E-state index contributed by atoms with van der Waals surface area (Å²) in [7, 11) is 0. The molecule has 0 bridgehead atoms. The van der Waals surface area contributed by atoms with Gasteiger partial charge in [0, 0.05) is 17.8 Å². The molecule has 2 aliphatic rings. The van der Waals surface area contributed by atoms with E-state index < -0.39 is 5.97 Å². The molecule has 2 atom stereocenters. The van der Waals surface area contributed by atoms with E-state index in [9.17, 15) is 4.79 Å². The molecule has 1 fully saturated rings. The average molecular weight is 246 g/mol. The number of rotatable bonds is 2. The fraction of sp³-hybridized carbons (Fsp3) is 0.643. The summed E-state index contributed by atoms with van der Waals surface area (Å²) < 4.78 is 0. The van der Waals surface area contributed by atoms with E-state index >= 15 is 0 Å². The van der Waals surface area contributed by atoms with Gasteiger partial charge in [0.25, 0.3) is 0 Å². The van der Waals surface area contributed by atoms with Crippen molar-refractivity contribution >= 4 is 5.97 Å². The molecule has 4 nitrogen and oxygen atoms in total. The molecular formula is C14H18N2O2. The minimum atomic E-state index is -0.701. The first-order chi connectivity index (χ1) is 8.47. The smallest absolute Gasteiger partial charge is 0.306 e. The largest absolute Gasteiger partial charge is 0.481 e. The lowest BCUT2D eigenvalue weighted by atomic mass is 9.87. The van der Waals surface area contributed by atoms with Gasteiger partial charge in [-0.3, -0.25) is 4.79 Å². The minimum Gasteiger partial charge on any atom is -0.481 e. The maximum atomic E-state index is 11.0. The van der Waals surface area contributed by atoms with Gasteiger partial charge in [-0.1, -0.05) is 13.8 Å². The lowest BCUT2D eigenvalue weighted by Gasteiger charge is -2.20. The highest BCUT2D eigenvalue weighted by molar-refractivity contribution is 5.70. The molecule has 2 aliphatic carbocycles. The number of aromatic nitrogens is 2. The number of fused-ring (bicyclic) bond motifs is 1. The standard InChI is InChI=1S/C14H18N2O2/c1-14(2)6-10(14)12-15-7-9-5-8(13(17)18)3-4-11(9)16-12/h7-8,10H,3-6H2,1-2H3,(H,17,18). The fourth-order valence-electron chi connectivity index (χ4n) is 2.81. The van der Waals surface area contributed by atoms with Crippen LogP contribution in [-0.2, 0) is 17.6 Å². The number of carboxylic acids is 1. The summed E-state index contributed by atoms with van der Waals surface area (Å²) in [6.45, 7) is 4.47. The van der Waals surface area contributed by atoms with Crippen LogP contribution in [0, 0.1) is 11.3 Å². The van der Waals surface area contributed by atoms with Crippen LogP contribution in [0.1, 0.15) is 49.7 Å². The Morgan fingerprint density at radius 3 is 2.83 bits per heavy atom. The molecule has 2 unspecified atom stereocenters. The zero-order valence-electron chi connectivity index (χ0n) is 10.8. The molecular weight excluding hydrogens is 228 g/mol. The Morgan fingerprint density at radius 1 is 1.50 bits per heavy atom. The summed E-state index contributed by atoms with van der Waals surface area (Å²) in [5, 5.41) is 9.04. The van der Waals surface area contributed by atoms with Crippen molar-refractivity contribution in [3.05, 3.63) is 23.3 Å². The number of aliphatic carboxylic acids is 1. The van der Waals surface area contributed by atoms with Crippen molar-refractivity contribution in [1.82, 2.24) is 9.97 Å². The summed E-state index contributed by atoms with van der Waals surface area (Å²) >= 11 is 0. The molecule has 4 heteroatoms. The topological polar surface area (TPSA) is 63.1 Å². The molecule has 1 aromatic heterocycles. The first-order valence-electron chi connectivity index (χ1n) is 6.55. The van der Waals surface area contributed by atoms with Gasteiger partial charge in [0.2, 0.25) is 0 Å². The van der Waals surface area contributed by atoms with Crippen molar-refractivity contribution in [3.63, 3.8) is 0 Å². The van der Waals surface area contributed by atoms with E-state index in [1.807, 2.05) is 6.20 Å². The van der Waals surface area contributed by atoms with Gasteiger partial charge in [-0.15, -0.1) is 0 Å². The van der Waals surface area contributed by atoms with Crippen molar-refractivity contribution in [3.8, 4) is 0 Å². The van der Waals surface area contributed by atoms with Crippen LogP contribution in [-0.4, -0.2) is 21.0 Å². The van der Waals surface area contributed by atoms with Crippen LogP contribution >= 0.6 is 0 Å². The van der Waals surface area contributed by atoms with E-state index in [1.165, 1.54) is 0 Å². The molecule has 0 amide bonds. The van der Waals surface area contributed by atoms with Crippen molar-refractivity contribution in [2.24, 2.45) is 11.3 Å². The Balaban J connectivity index is 1.83. The number of carbonyl (C=O) groups is 1. The molecule has 1 N–H and O–H groups in total. The number of carboxylic acid groups (broad SMARTS) is 1. The first kappa shape index (κ1) is 11.6. The highest BCUT2D eigenvalue weighted by Crippen LogP contribution is 2.57. The van der Waals surface area contributed by atoms with Gasteiger partial charge >= 0.3 is 5.97 Å². The zero-order valence-corrected chi connectivity index (χ0v) is 10.8. The van der Waals surface area contributed by atoms with Gasteiger partial charge < -0.3 is 5.11 Å². The molecule has 1 aromatic rings. The summed E-state index contributed by atoms with van der Waals surface area (Å²) in [5.41, 5.74) is 2.43. The summed E-state index contributed by atoms with van der Waals surface area (Å²) in [6.07, 6.45) is 5.06. The van der Waals surface area contributed by atoms with Gasteiger partial charge in [0.05, 0.1) is 5.92 Å². The maximum Gasteiger partial charge on any atom is 0.306 e. The van der Waals surface area contributed by atoms with Crippen LogP contribution in [0.3, 0.4) is 0 Å². The summed E-state index contributed by atoms with van der Waals surface area (Å²) in [4.78, 5) is 20.1. The van der Waals surface area contributed by atoms with E-state index in [1.54, 1.807) is 0 Å². The molecule has 0 radical (unpaired) electrons. The maximum absolute atomic E-state index is 11.0. The van der Waals surface area contributed by atoms with Gasteiger partial charge in [-0.05, 0) is 36.7 Å². The highest BCUT2D eigenvalue weighted by Gasteiger charge is 2.48. The second kappa shape index (κ2) is 3.77. The van der Waals surface area contributed by atoms with Crippen LogP contribution in [0.4, 0.5) is 0 Å². The lowest BCUT2D eigenvalue weighted by Crippen LogP contribution is -2.23. The monoisotopic (exact) mass is 246 g/mol. The molecule has 0 spiro atoms. The normalized spacial score (nSPS) is 28.6. The fourth-order valence-corrected chi connectivity index (χ4v) is 2.81. The minimum absolute atomic E-state index is 0.260. The van der Waals surface area contributed by atoms with Gasteiger partial charge in [-0.2, -0.15) is 0 Å². The van der Waals surface area contributed by atoms with Gasteiger partial charge in [0.15, 0.2) is 0 Å². The Hall–Kier alpha value is -1.45. The zero-order chi connectivity index (χ0) is 12.9. The predicted octanol–water partition coefficient (Wildman–Crippen LogP) is 2.18. The molecule has 0 saturated heterocycles. The molecule has 1 saturated carbocycles. The lowest BCUT2D eigenvalue weighted by molar-refractivity contribution is -0.142. The third-order valence-corrected chi connectivity index (χ3v) is 4.34. The molecule has 18 heavy (non-hydrogen) atoms. The van der Waals surface area contributed by atoms with E-state index in [0.29, 0.717) is 24.2 Å². The van der Waals surface area contributed by atoms with Crippen molar-refractivity contribution in [1.29, 1.82) is 0 Å². The Kier molecular flexibility index (Phi) is 2.44. The van der Waals surface area contributed by atoms with Crippen molar-refractivity contribution in [2.45, 2.75) is 45.4 Å². The Morgan fingerprint density at radius 2 is 2.22 bits per heavy atom. The molecule has 0 aliphatic heterocycles. The number of aryl methyl sites for hydroxylation is 1. The van der Waals surface area contributed by atoms with Crippen LogP contribution in [0.2, 0.25) is 0 Å². The molecule has 0 aromatic carbocycles. The quantitative estimate of drug-likeness (QED) is 0.868. The molecule has 3 rings (SSSR count).